The maximum Gasteiger partial charge on any atom is 0.190 e. The Kier molecular flexibility index (Phi) is 3.67. The van der Waals surface area contributed by atoms with E-state index in [9.17, 15) is 0 Å². The van der Waals surface area contributed by atoms with E-state index in [1.54, 1.807) is 7.05 Å². The molecule has 2 atom stereocenters. The van der Waals surface area contributed by atoms with Gasteiger partial charge in [-0.1, -0.05) is 37.3 Å². The Hall–Kier alpha value is -1.51. The quantitative estimate of drug-likeness (QED) is 0.594. The molecule has 0 bridgehead atoms. The summed E-state index contributed by atoms with van der Waals surface area (Å²) >= 11 is 0. The Morgan fingerprint density at radius 3 is 2.65 bits per heavy atom. The predicted octanol–water partition coefficient (Wildman–Crippen LogP) is 2.06. The van der Waals surface area contributed by atoms with Crippen molar-refractivity contribution in [3.63, 3.8) is 0 Å². The van der Waals surface area contributed by atoms with E-state index >= 15 is 0 Å². The van der Waals surface area contributed by atoms with Gasteiger partial charge in [-0.25, -0.2) is 0 Å². The van der Waals surface area contributed by atoms with Crippen molar-refractivity contribution >= 4 is 5.96 Å². The van der Waals surface area contributed by atoms with E-state index in [1.165, 1.54) is 5.56 Å². The number of rotatable bonds is 1. The largest absolute Gasteiger partial charge is 0.370 e. The van der Waals surface area contributed by atoms with Gasteiger partial charge in [0.1, 0.15) is 0 Å². The summed E-state index contributed by atoms with van der Waals surface area (Å²) < 4.78 is 0. The standard InChI is InChI=1S/C14H21N3/c1-11-10-17(14(15)16-2)9-8-13(11)12-6-4-3-5-7-12/h3-7,11,13H,8-10H2,1-2H3,(H2,15,16). The minimum atomic E-state index is 0.617. The fourth-order valence-electron chi connectivity index (χ4n) is 2.69. The van der Waals surface area contributed by atoms with Crippen LogP contribution in [0.5, 0.6) is 0 Å². The third kappa shape index (κ3) is 2.60. The first-order valence-electron chi connectivity index (χ1n) is 6.24. The molecule has 0 aliphatic carbocycles. The highest BCUT2D eigenvalue weighted by Gasteiger charge is 2.27. The number of nitrogens with two attached hydrogens (primary N) is 1. The van der Waals surface area contributed by atoms with Crippen LogP contribution in [-0.4, -0.2) is 31.0 Å². The minimum Gasteiger partial charge on any atom is -0.370 e. The van der Waals surface area contributed by atoms with Crippen LogP contribution in [0.15, 0.2) is 35.3 Å². The molecule has 2 unspecified atom stereocenters. The van der Waals surface area contributed by atoms with Crippen LogP contribution < -0.4 is 5.73 Å². The van der Waals surface area contributed by atoms with E-state index in [2.05, 4.69) is 47.1 Å². The summed E-state index contributed by atoms with van der Waals surface area (Å²) in [5.74, 6) is 1.94. The lowest BCUT2D eigenvalue weighted by Gasteiger charge is -2.37. The van der Waals surface area contributed by atoms with E-state index in [4.69, 9.17) is 5.73 Å². The number of guanidine groups is 1. The van der Waals surface area contributed by atoms with Crippen LogP contribution >= 0.6 is 0 Å². The van der Waals surface area contributed by atoms with Crippen LogP contribution in [0.4, 0.5) is 0 Å². The molecule has 1 aromatic carbocycles. The zero-order valence-corrected chi connectivity index (χ0v) is 10.6. The fraction of sp³-hybridized carbons (Fsp3) is 0.500. The van der Waals surface area contributed by atoms with Crippen molar-refractivity contribution in [3.05, 3.63) is 35.9 Å². The first kappa shape index (κ1) is 12.0. The molecule has 1 saturated heterocycles. The van der Waals surface area contributed by atoms with Crippen LogP contribution in [0.1, 0.15) is 24.8 Å². The number of likely N-dealkylation sites (tertiary alicyclic amines) is 1. The molecular formula is C14H21N3. The van der Waals surface area contributed by atoms with Crippen LogP contribution in [0, 0.1) is 5.92 Å². The van der Waals surface area contributed by atoms with Crippen molar-refractivity contribution in [2.75, 3.05) is 20.1 Å². The van der Waals surface area contributed by atoms with E-state index in [-0.39, 0.29) is 0 Å². The van der Waals surface area contributed by atoms with E-state index in [1.807, 2.05) is 0 Å². The van der Waals surface area contributed by atoms with Crippen molar-refractivity contribution in [1.29, 1.82) is 0 Å². The SMILES string of the molecule is CN=C(N)N1CCC(c2ccccc2)C(C)C1. The third-order valence-corrected chi connectivity index (χ3v) is 3.69. The molecule has 0 spiro atoms. The number of benzene rings is 1. The summed E-state index contributed by atoms with van der Waals surface area (Å²) in [5.41, 5.74) is 7.32. The molecule has 1 aliphatic rings. The van der Waals surface area contributed by atoms with Gasteiger partial charge in [0.2, 0.25) is 0 Å². The average Bonchev–Trinajstić information content (AvgIpc) is 2.38. The predicted molar refractivity (Wildman–Crippen MR) is 72.1 cm³/mol. The smallest absolute Gasteiger partial charge is 0.190 e. The van der Waals surface area contributed by atoms with E-state index in [0.29, 0.717) is 17.8 Å². The van der Waals surface area contributed by atoms with Crippen molar-refractivity contribution in [2.45, 2.75) is 19.3 Å². The van der Waals surface area contributed by atoms with Gasteiger partial charge in [0.15, 0.2) is 5.96 Å². The summed E-state index contributed by atoms with van der Waals surface area (Å²) in [5, 5.41) is 0. The third-order valence-electron chi connectivity index (χ3n) is 3.69. The van der Waals surface area contributed by atoms with Crippen molar-refractivity contribution < 1.29 is 0 Å². The Bertz CT molecular complexity index is 386. The van der Waals surface area contributed by atoms with Crippen molar-refractivity contribution in [1.82, 2.24) is 4.90 Å². The number of piperidine rings is 1. The Morgan fingerprint density at radius 1 is 1.35 bits per heavy atom. The monoisotopic (exact) mass is 231 g/mol. The Morgan fingerprint density at radius 2 is 2.06 bits per heavy atom. The minimum absolute atomic E-state index is 0.617. The Labute approximate surface area is 103 Å². The molecule has 1 fully saturated rings. The molecule has 17 heavy (non-hydrogen) atoms. The van der Waals surface area contributed by atoms with Gasteiger partial charge < -0.3 is 10.6 Å². The van der Waals surface area contributed by atoms with Crippen LogP contribution in [0.3, 0.4) is 0 Å². The maximum atomic E-state index is 5.87. The average molecular weight is 231 g/mol. The second-order valence-corrected chi connectivity index (χ2v) is 4.81. The second-order valence-electron chi connectivity index (χ2n) is 4.81. The van der Waals surface area contributed by atoms with Gasteiger partial charge in [-0.3, -0.25) is 4.99 Å². The molecule has 92 valence electrons. The Balaban J connectivity index is 2.06. The first-order chi connectivity index (χ1) is 8.22. The highest BCUT2D eigenvalue weighted by atomic mass is 15.3. The van der Waals surface area contributed by atoms with Crippen LogP contribution in [-0.2, 0) is 0 Å². The van der Waals surface area contributed by atoms with Gasteiger partial charge in [-0.05, 0) is 23.8 Å². The van der Waals surface area contributed by atoms with Crippen LogP contribution in [0.2, 0.25) is 0 Å². The molecule has 3 nitrogen and oxygen atoms in total. The molecule has 2 rings (SSSR count). The zero-order chi connectivity index (χ0) is 12.3. The molecule has 1 aromatic rings. The normalized spacial score (nSPS) is 26.0. The molecule has 0 amide bonds. The summed E-state index contributed by atoms with van der Waals surface area (Å²) in [6.07, 6.45) is 1.15. The molecule has 3 heteroatoms. The summed E-state index contributed by atoms with van der Waals surface area (Å²) in [4.78, 5) is 6.25. The highest BCUT2D eigenvalue weighted by Crippen LogP contribution is 2.32. The molecule has 2 N–H and O–H groups in total. The number of hydrogen-bond donors (Lipinski definition) is 1. The van der Waals surface area contributed by atoms with Gasteiger partial charge in [0.05, 0.1) is 0 Å². The molecule has 0 aromatic heterocycles. The van der Waals surface area contributed by atoms with Gasteiger partial charge in [-0.2, -0.15) is 0 Å². The van der Waals surface area contributed by atoms with Gasteiger partial charge in [0, 0.05) is 20.1 Å². The molecule has 0 radical (unpaired) electrons. The lowest BCUT2D eigenvalue weighted by molar-refractivity contribution is 0.238. The van der Waals surface area contributed by atoms with Gasteiger partial charge >= 0.3 is 0 Å². The van der Waals surface area contributed by atoms with E-state index in [0.717, 1.165) is 19.5 Å². The second kappa shape index (κ2) is 5.21. The van der Waals surface area contributed by atoms with E-state index < -0.39 is 0 Å². The zero-order valence-electron chi connectivity index (χ0n) is 10.6. The molecule has 0 saturated carbocycles. The highest BCUT2D eigenvalue weighted by molar-refractivity contribution is 5.78. The lowest BCUT2D eigenvalue weighted by atomic mass is 9.82. The van der Waals surface area contributed by atoms with Crippen molar-refractivity contribution in [3.8, 4) is 0 Å². The number of nitrogens with zero attached hydrogens (tertiary/aromatic N) is 2. The van der Waals surface area contributed by atoms with Gasteiger partial charge in [-0.15, -0.1) is 0 Å². The first-order valence-corrected chi connectivity index (χ1v) is 6.24. The summed E-state index contributed by atoms with van der Waals surface area (Å²) in [6.45, 7) is 4.31. The maximum absolute atomic E-state index is 5.87. The molecular weight excluding hydrogens is 210 g/mol. The molecule has 1 aliphatic heterocycles. The number of hydrogen-bond acceptors (Lipinski definition) is 1. The van der Waals surface area contributed by atoms with Crippen molar-refractivity contribution in [2.24, 2.45) is 16.6 Å². The van der Waals surface area contributed by atoms with Crippen LogP contribution in [0.25, 0.3) is 0 Å². The van der Waals surface area contributed by atoms with Gasteiger partial charge in [0.25, 0.3) is 0 Å². The molecule has 1 heterocycles. The lowest BCUT2D eigenvalue weighted by Crippen LogP contribution is -2.45. The summed E-state index contributed by atoms with van der Waals surface area (Å²) in [7, 11) is 1.75. The topological polar surface area (TPSA) is 41.6 Å². The number of aliphatic imine (C=N–C) groups is 1. The fourth-order valence-corrected chi connectivity index (χ4v) is 2.69. The summed E-state index contributed by atoms with van der Waals surface area (Å²) in [6, 6.07) is 10.8.